The summed E-state index contributed by atoms with van der Waals surface area (Å²) in [5, 5.41) is 3.58. The van der Waals surface area contributed by atoms with Crippen molar-refractivity contribution in [2.24, 2.45) is 5.92 Å². The average molecular weight is 339 g/mol. The molecule has 1 fully saturated rings. The monoisotopic (exact) mass is 337 g/mol. The van der Waals surface area contributed by atoms with Gasteiger partial charge in [-0.2, -0.15) is 0 Å². The first-order chi connectivity index (χ1) is 6.70. The Balaban J connectivity index is 1.81. The topological polar surface area (TPSA) is 12.0 Å². The summed E-state index contributed by atoms with van der Waals surface area (Å²) in [5.41, 5.74) is 0. The zero-order chi connectivity index (χ0) is 10.1. The molecular formula is C10H13Br2NS. The van der Waals surface area contributed by atoms with Crippen molar-refractivity contribution in [1.29, 1.82) is 0 Å². The Labute approximate surface area is 106 Å². The summed E-state index contributed by atoms with van der Waals surface area (Å²) in [6.07, 6.45) is 2.68. The molecule has 0 spiro atoms. The summed E-state index contributed by atoms with van der Waals surface area (Å²) in [5.74, 6) is 0.932. The fourth-order valence-corrected chi connectivity index (χ4v) is 3.79. The van der Waals surface area contributed by atoms with Crippen molar-refractivity contribution in [3.8, 4) is 0 Å². The molecule has 14 heavy (non-hydrogen) atoms. The highest BCUT2D eigenvalue weighted by Gasteiger charge is 2.34. The summed E-state index contributed by atoms with van der Waals surface area (Å²) in [7, 11) is 0. The molecule has 0 bridgehead atoms. The van der Waals surface area contributed by atoms with Crippen LogP contribution in [-0.2, 0) is 6.54 Å². The second kappa shape index (κ2) is 4.64. The molecule has 4 heteroatoms. The number of thiophene rings is 1. The van der Waals surface area contributed by atoms with Crippen molar-refractivity contribution in [3.63, 3.8) is 0 Å². The van der Waals surface area contributed by atoms with Gasteiger partial charge in [-0.1, -0.05) is 13.3 Å². The van der Waals surface area contributed by atoms with Crippen molar-refractivity contribution in [3.05, 3.63) is 19.2 Å². The van der Waals surface area contributed by atoms with E-state index in [1.165, 1.54) is 26.0 Å². The lowest BCUT2D eigenvalue weighted by Gasteiger charge is -1.99. The van der Waals surface area contributed by atoms with Crippen LogP contribution in [0.15, 0.2) is 14.3 Å². The molecular weight excluding hydrogens is 326 g/mol. The number of halogens is 2. The second-order valence-corrected chi connectivity index (χ2v) is 7.03. The van der Waals surface area contributed by atoms with E-state index in [2.05, 4.69) is 50.2 Å². The van der Waals surface area contributed by atoms with Gasteiger partial charge in [-0.3, -0.25) is 0 Å². The van der Waals surface area contributed by atoms with Crippen LogP contribution < -0.4 is 5.32 Å². The Bertz CT molecular complexity index is 304. The quantitative estimate of drug-likeness (QED) is 0.869. The Morgan fingerprint density at radius 2 is 2.36 bits per heavy atom. The first kappa shape index (κ1) is 11.1. The van der Waals surface area contributed by atoms with Gasteiger partial charge in [0, 0.05) is 21.9 Å². The maximum atomic E-state index is 3.58. The zero-order valence-electron chi connectivity index (χ0n) is 8.02. The smallest absolute Gasteiger partial charge is 0.0843 e. The first-order valence-electron chi connectivity index (χ1n) is 4.87. The van der Waals surface area contributed by atoms with Gasteiger partial charge < -0.3 is 5.32 Å². The van der Waals surface area contributed by atoms with E-state index < -0.39 is 0 Å². The third kappa shape index (κ3) is 2.60. The van der Waals surface area contributed by atoms with Crippen LogP contribution in [0.25, 0.3) is 0 Å². The van der Waals surface area contributed by atoms with E-state index >= 15 is 0 Å². The molecule has 1 nitrogen and oxygen atoms in total. The summed E-state index contributed by atoms with van der Waals surface area (Å²) in [4.78, 5) is 1.39. The Morgan fingerprint density at radius 3 is 2.86 bits per heavy atom. The molecule has 1 aliphatic rings. The lowest BCUT2D eigenvalue weighted by molar-refractivity contribution is 0.627. The van der Waals surface area contributed by atoms with Gasteiger partial charge in [0.05, 0.1) is 3.79 Å². The zero-order valence-corrected chi connectivity index (χ0v) is 12.0. The van der Waals surface area contributed by atoms with Crippen LogP contribution in [0.3, 0.4) is 0 Å². The van der Waals surface area contributed by atoms with Gasteiger partial charge >= 0.3 is 0 Å². The minimum Gasteiger partial charge on any atom is -0.309 e. The number of hydrogen-bond donors (Lipinski definition) is 1. The van der Waals surface area contributed by atoms with Gasteiger partial charge in [0.25, 0.3) is 0 Å². The number of nitrogens with one attached hydrogen (secondary N) is 1. The van der Waals surface area contributed by atoms with Crippen LogP contribution >= 0.6 is 43.2 Å². The van der Waals surface area contributed by atoms with Gasteiger partial charge in [-0.25, -0.2) is 0 Å². The first-order valence-corrected chi connectivity index (χ1v) is 7.28. The van der Waals surface area contributed by atoms with Crippen LogP contribution in [0.2, 0.25) is 0 Å². The van der Waals surface area contributed by atoms with Crippen LogP contribution in [0, 0.1) is 5.92 Å². The number of rotatable bonds is 4. The van der Waals surface area contributed by atoms with Gasteiger partial charge in [-0.15, -0.1) is 11.3 Å². The largest absolute Gasteiger partial charge is 0.309 e. The van der Waals surface area contributed by atoms with Gasteiger partial charge in [0.2, 0.25) is 0 Å². The second-order valence-electron chi connectivity index (χ2n) is 3.73. The van der Waals surface area contributed by atoms with Crippen molar-refractivity contribution in [2.45, 2.75) is 32.4 Å². The van der Waals surface area contributed by atoms with Crippen LogP contribution in [0.4, 0.5) is 0 Å². The molecule has 1 N–H and O–H groups in total. The van der Waals surface area contributed by atoms with Crippen LogP contribution in [-0.4, -0.2) is 6.04 Å². The Morgan fingerprint density at radius 1 is 1.57 bits per heavy atom. The van der Waals surface area contributed by atoms with E-state index in [0.29, 0.717) is 0 Å². The highest BCUT2D eigenvalue weighted by molar-refractivity contribution is 9.13. The molecule has 0 aromatic carbocycles. The molecule has 0 aliphatic heterocycles. The maximum Gasteiger partial charge on any atom is 0.0843 e. The molecule has 0 radical (unpaired) electrons. The molecule has 1 aromatic rings. The molecule has 1 aromatic heterocycles. The van der Waals surface area contributed by atoms with Crippen molar-refractivity contribution >= 4 is 43.2 Å². The third-order valence-corrected chi connectivity index (χ3v) is 5.94. The predicted molar refractivity (Wildman–Crippen MR) is 68.7 cm³/mol. The minimum atomic E-state index is 0.777. The van der Waals surface area contributed by atoms with Crippen LogP contribution in [0.1, 0.15) is 24.6 Å². The highest BCUT2D eigenvalue weighted by atomic mass is 79.9. The molecule has 2 unspecified atom stereocenters. The fraction of sp³-hybridized carbons (Fsp3) is 0.600. The van der Waals surface area contributed by atoms with Gasteiger partial charge in [0.15, 0.2) is 0 Å². The molecule has 1 heterocycles. The van der Waals surface area contributed by atoms with Gasteiger partial charge in [0.1, 0.15) is 0 Å². The maximum absolute atomic E-state index is 3.58. The van der Waals surface area contributed by atoms with Crippen molar-refractivity contribution < 1.29 is 0 Å². The summed E-state index contributed by atoms with van der Waals surface area (Å²) >= 11 is 8.81. The predicted octanol–water partition coefficient (Wildman–Crippen LogP) is 4.16. The van der Waals surface area contributed by atoms with E-state index in [1.54, 1.807) is 11.3 Å². The third-order valence-electron chi connectivity index (χ3n) is 2.68. The molecule has 0 saturated heterocycles. The van der Waals surface area contributed by atoms with E-state index in [4.69, 9.17) is 0 Å². The lowest BCUT2D eigenvalue weighted by atomic mass is 10.3. The SMILES string of the molecule is CCC1CC1NCc1cc(Br)c(Br)s1. The standard InChI is InChI=1S/C10H13Br2NS/c1-2-6-3-9(6)13-5-7-4-8(11)10(12)14-7/h4,6,9,13H,2-3,5H2,1H3. The minimum absolute atomic E-state index is 0.777. The molecule has 1 saturated carbocycles. The molecule has 2 atom stereocenters. The molecule has 1 aliphatic carbocycles. The Kier molecular flexibility index (Phi) is 3.68. The van der Waals surface area contributed by atoms with E-state index in [1.807, 2.05) is 0 Å². The summed E-state index contributed by atoms with van der Waals surface area (Å²) in [6.45, 7) is 3.28. The molecule has 0 amide bonds. The molecule has 2 rings (SSSR count). The summed E-state index contributed by atoms with van der Waals surface area (Å²) in [6, 6.07) is 2.96. The van der Waals surface area contributed by atoms with Crippen molar-refractivity contribution in [2.75, 3.05) is 0 Å². The fourth-order valence-electron chi connectivity index (χ4n) is 1.66. The van der Waals surface area contributed by atoms with E-state index in [9.17, 15) is 0 Å². The number of hydrogen-bond acceptors (Lipinski definition) is 2. The highest BCUT2D eigenvalue weighted by Crippen LogP contribution is 2.35. The van der Waals surface area contributed by atoms with Gasteiger partial charge in [-0.05, 0) is 50.3 Å². The van der Waals surface area contributed by atoms with Crippen LogP contribution in [0.5, 0.6) is 0 Å². The van der Waals surface area contributed by atoms with E-state index in [-0.39, 0.29) is 0 Å². The average Bonchev–Trinajstić information content (AvgIpc) is 2.85. The van der Waals surface area contributed by atoms with E-state index in [0.717, 1.165) is 18.5 Å². The molecule has 78 valence electrons. The lowest BCUT2D eigenvalue weighted by Crippen LogP contribution is -2.16. The summed E-state index contributed by atoms with van der Waals surface area (Å²) < 4.78 is 2.36. The normalized spacial score (nSPS) is 25.4. The Hall–Kier alpha value is 0.620. The van der Waals surface area contributed by atoms with Crippen molar-refractivity contribution in [1.82, 2.24) is 5.32 Å².